The van der Waals surface area contributed by atoms with Crippen LogP contribution >= 0.6 is 0 Å². The molecule has 0 unspecified atom stereocenters. The van der Waals surface area contributed by atoms with Crippen LogP contribution in [0.3, 0.4) is 0 Å². The first kappa shape index (κ1) is 13.0. The third-order valence-electron chi connectivity index (χ3n) is 2.74. The highest BCUT2D eigenvalue weighted by atomic mass is 16.5. The second-order valence-corrected chi connectivity index (χ2v) is 4.09. The van der Waals surface area contributed by atoms with Crippen molar-refractivity contribution < 1.29 is 14.6 Å². The minimum absolute atomic E-state index is 0.296. The number of hydrogen-bond donors (Lipinski definition) is 2. The molecule has 0 aliphatic carbocycles. The number of carboxylic acids is 1. The molecule has 0 fully saturated rings. The van der Waals surface area contributed by atoms with Gasteiger partial charge in [0.05, 0.1) is 12.7 Å². The van der Waals surface area contributed by atoms with Crippen LogP contribution in [0.25, 0.3) is 0 Å². The summed E-state index contributed by atoms with van der Waals surface area (Å²) in [5.41, 5.74) is 2.15. The molecule has 2 aromatic rings. The second-order valence-electron chi connectivity index (χ2n) is 4.09. The van der Waals surface area contributed by atoms with E-state index >= 15 is 0 Å². The maximum atomic E-state index is 10.9. The van der Waals surface area contributed by atoms with Crippen molar-refractivity contribution in [2.24, 2.45) is 0 Å². The van der Waals surface area contributed by atoms with Gasteiger partial charge >= 0.3 is 5.97 Å². The fourth-order valence-corrected chi connectivity index (χ4v) is 1.75. The predicted molar refractivity (Wildman–Crippen MR) is 73.7 cm³/mol. The summed E-state index contributed by atoms with van der Waals surface area (Å²) in [5.74, 6) is -0.132. The van der Waals surface area contributed by atoms with Crippen molar-refractivity contribution >= 4 is 11.7 Å². The van der Waals surface area contributed by atoms with E-state index in [-0.39, 0.29) is 0 Å². The monoisotopic (exact) mass is 257 g/mol. The molecule has 0 atom stereocenters. The van der Waals surface area contributed by atoms with E-state index in [9.17, 15) is 4.79 Å². The number of methoxy groups -OCH3 is 1. The van der Waals surface area contributed by atoms with E-state index in [1.54, 1.807) is 25.3 Å². The maximum absolute atomic E-state index is 10.9. The van der Waals surface area contributed by atoms with Gasteiger partial charge in [-0.2, -0.15) is 0 Å². The van der Waals surface area contributed by atoms with E-state index in [0.717, 1.165) is 17.0 Å². The Morgan fingerprint density at radius 1 is 1.21 bits per heavy atom. The molecule has 19 heavy (non-hydrogen) atoms. The summed E-state index contributed by atoms with van der Waals surface area (Å²) in [6.45, 7) is 0.564. The lowest BCUT2D eigenvalue weighted by Gasteiger charge is -2.08. The van der Waals surface area contributed by atoms with Gasteiger partial charge in [0, 0.05) is 18.3 Å². The maximum Gasteiger partial charge on any atom is 0.335 e. The Bertz CT molecular complexity index is 581. The molecule has 4 nitrogen and oxygen atoms in total. The largest absolute Gasteiger partial charge is 0.497 e. The van der Waals surface area contributed by atoms with Crippen LogP contribution in [0.5, 0.6) is 5.75 Å². The van der Waals surface area contributed by atoms with Crippen LogP contribution < -0.4 is 10.1 Å². The molecule has 0 saturated carbocycles. The first-order valence-electron chi connectivity index (χ1n) is 5.89. The van der Waals surface area contributed by atoms with Gasteiger partial charge in [-0.1, -0.05) is 18.2 Å². The van der Waals surface area contributed by atoms with E-state index in [0.29, 0.717) is 12.1 Å². The molecule has 0 aliphatic rings. The molecule has 0 spiro atoms. The molecular formula is C15H15NO3. The van der Waals surface area contributed by atoms with E-state index < -0.39 is 5.97 Å². The highest BCUT2D eigenvalue weighted by Gasteiger charge is 2.03. The lowest BCUT2D eigenvalue weighted by Crippen LogP contribution is -2.02. The fraction of sp³-hybridized carbons (Fsp3) is 0.133. The van der Waals surface area contributed by atoms with Crippen LogP contribution in [0, 0.1) is 0 Å². The summed E-state index contributed by atoms with van der Waals surface area (Å²) in [4.78, 5) is 10.9. The van der Waals surface area contributed by atoms with Gasteiger partial charge in [-0.25, -0.2) is 4.79 Å². The van der Waals surface area contributed by atoms with Gasteiger partial charge in [0.15, 0.2) is 0 Å². The average Bonchev–Trinajstić information content (AvgIpc) is 2.45. The zero-order valence-electron chi connectivity index (χ0n) is 10.6. The molecule has 0 amide bonds. The summed E-state index contributed by atoms with van der Waals surface area (Å²) in [7, 11) is 1.62. The zero-order valence-corrected chi connectivity index (χ0v) is 10.6. The van der Waals surface area contributed by atoms with Crippen molar-refractivity contribution in [2.75, 3.05) is 12.4 Å². The molecule has 0 heterocycles. The van der Waals surface area contributed by atoms with E-state index in [4.69, 9.17) is 9.84 Å². The third-order valence-corrected chi connectivity index (χ3v) is 2.74. The van der Waals surface area contributed by atoms with Crippen molar-refractivity contribution in [1.29, 1.82) is 0 Å². The standard InChI is InChI=1S/C15H15NO3/c1-19-14-7-3-6-13(9-14)16-10-11-4-2-5-12(8-11)15(17)18/h2-9,16H,10H2,1H3,(H,17,18). The number of hydrogen-bond acceptors (Lipinski definition) is 3. The van der Waals surface area contributed by atoms with Crippen molar-refractivity contribution in [2.45, 2.75) is 6.54 Å². The molecule has 2 rings (SSSR count). The SMILES string of the molecule is COc1cccc(NCc2cccc(C(=O)O)c2)c1. The summed E-state index contributed by atoms with van der Waals surface area (Å²) in [6.07, 6.45) is 0. The van der Waals surface area contributed by atoms with Gasteiger partial charge < -0.3 is 15.2 Å². The highest BCUT2D eigenvalue weighted by molar-refractivity contribution is 5.87. The number of ether oxygens (including phenoxy) is 1. The van der Waals surface area contributed by atoms with Crippen molar-refractivity contribution in [3.63, 3.8) is 0 Å². The van der Waals surface area contributed by atoms with Crippen LogP contribution in [-0.2, 0) is 6.54 Å². The number of carboxylic acid groups (broad SMARTS) is 1. The molecular weight excluding hydrogens is 242 g/mol. The predicted octanol–water partition coefficient (Wildman–Crippen LogP) is 3.01. The van der Waals surface area contributed by atoms with Crippen LogP contribution in [-0.4, -0.2) is 18.2 Å². The first-order chi connectivity index (χ1) is 9.19. The summed E-state index contributed by atoms with van der Waals surface area (Å²) >= 11 is 0. The number of aromatic carboxylic acids is 1. The van der Waals surface area contributed by atoms with Crippen LogP contribution in [0.4, 0.5) is 5.69 Å². The summed E-state index contributed by atoms with van der Waals surface area (Å²) < 4.78 is 5.14. The number of nitrogens with one attached hydrogen (secondary N) is 1. The average molecular weight is 257 g/mol. The fourth-order valence-electron chi connectivity index (χ4n) is 1.75. The van der Waals surface area contributed by atoms with Gasteiger partial charge in [-0.3, -0.25) is 0 Å². The highest BCUT2D eigenvalue weighted by Crippen LogP contribution is 2.17. The molecule has 4 heteroatoms. The molecule has 2 N–H and O–H groups in total. The van der Waals surface area contributed by atoms with Gasteiger partial charge in [-0.05, 0) is 29.8 Å². The molecule has 0 aromatic heterocycles. The topological polar surface area (TPSA) is 58.6 Å². The van der Waals surface area contributed by atoms with E-state index in [2.05, 4.69) is 5.32 Å². The van der Waals surface area contributed by atoms with Crippen LogP contribution in [0.15, 0.2) is 48.5 Å². The van der Waals surface area contributed by atoms with Gasteiger partial charge in [0.1, 0.15) is 5.75 Å². The lowest BCUT2D eigenvalue weighted by atomic mass is 10.1. The van der Waals surface area contributed by atoms with Gasteiger partial charge in [-0.15, -0.1) is 0 Å². The summed E-state index contributed by atoms with van der Waals surface area (Å²) in [6, 6.07) is 14.5. The smallest absolute Gasteiger partial charge is 0.335 e. The summed E-state index contributed by atoms with van der Waals surface area (Å²) in [5, 5.41) is 12.2. The van der Waals surface area contributed by atoms with Gasteiger partial charge in [0.2, 0.25) is 0 Å². The molecule has 2 aromatic carbocycles. The Kier molecular flexibility index (Phi) is 4.03. The Balaban J connectivity index is 2.05. The Morgan fingerprint density at radius 3 is 2.74 bits per heavy atom. The number of rotatable bonds is 5. The molecule has 0 saturated heterocycles. The van der Waals surface area contributed by atoms with Gasteiger partial charge in [0.25, 0.3) is 0 Å². The third kappa shape index (κ3) is 3.48. The second kappa shape index (κ2) is 5.91. The minimum Gasteiger partial charge on any atom is -0.497 e. The van der Waals surface area contributed by atoms with E-state index in [1.807, 2.05) is 30.3 Å². The lowest BCUT2D eigenvalue weighted by molar-refractivity contribution is 0.0697. The molecule has 0 aliphatic heterocycles. The van der Waals surface area contributed by atoms with Crippen molar-refractivity contribution in [3.8, 4) is 5.75 Å². The Morgan fingerprint density at radius 2 is 2.00 bits per heavy atom. The molecule has 0 bridgehead atoms. The number of benzene rings is 2. The van der Waals surface area contributed by atoms with Crippen molar-refractivity contribution in [3.05, 3.63) is 59.7 Å². The Labute approximate surface area is 111 Å². The molecule has 98 valence electrons. The zero-order chi connectivity index (χ0) is 13.7. The normalized spacial score (nSPS) is 9.95. The van der Waals surface area contributed by atoms with Crippen LogP contribution in [0.2, 0.25) is 0 Å². The molecule has 0 radical (unpaired) electrons. The van der Waals surface area contributed by atoms with Crippen LogP contribution in [0.1, 0.15) is 15.9 Å². The number of carbonyl (C=O) groups is 1. The minimum atomic E-state index is -0.914. The quantitative estimate of drug-likeness (QED) is 0.864. The first-order valence-corrected chi connectivity index (χ1v) is 5.89. The van der Waals surface area contributed by atoms with Crippen molar-refractivity contribution in [1.82, 2.24) is 0 Å². The number of anilines is 1. The Hall–Kier alpha value is -2.49. The van der Waals surface area contributed by atoms with E-state index in [1.165, 1.54) is 0 Å².